The van der Waals surface area contributed by atoms with Gasteiger partial charge in [0.2, 0.25) is 0 Å². The summed E-state index contributed by atoms with van der Waals surface area (Å²) >= 11 is 0. The van der Waals surface area contributed by atoms with Crippen molar-refractivity contribution in [3.05, 3.63) is 52.4 Å². The number of hydrogen-bond acceptors (Lipinski definition) is 5. The van der Waals surface area contributed by atoms with E-state index in [4.69, 9.17) is 9.47 Å². The Morgan fingerprint density at radius 2 is 1.82 bits per heavy atom. The van der Waals surface area contributed by atoms with Crippen LogP contribution in [0.15, 0.2) is 41.3 Å². The Bertz CT molecular complexity index is 886. The summed E-state index contributed by atoms with van der Waals surface area (Å²) < 4.78 is 13.4. The summed E-state index contributed by atoms with van der Waals surface area (Å²) in [6.45, 7) is 10.2. The Morgan fingerprint density at radius 1 is 1.14 bits per heavy atom. The zero-order chi connectivity index (χ0) is 19.9. The van der Waals surface area contributed by atoms with E-state index >= 15 is 0 Å². The van der Waals surface area contributed by atoms with Crippen molar-refractivity contribution >= 4 is 0 Å². The molecule has 1 aromatic heterocycles. The van der Waals surface area contributed by atoms with Gasteiger partial charge in [-0.1, -0.05) is 12.1 Å². The van der Waals surface area contributed by atoms with Gasteiger partial charge in [-0.2, -0.15) is 4.98 Å². The van der Waals surface area contributed by atoms with E-state index in [1.165, 1.54) is 11.6 Å². The third-order valence-electron chi connectivity index (χ3n) is 5.50. The fourth-order valence-corrected chi connectivity index (χ4v) is 4.72. The Balaban J connectivity index is 1.36. The molecule has 0 aliphatic carbocycles. The molecular weight excluding hydrogens is 354 g/mol. The lowest BCUT2D eigenvalue weighted by Gasteiger charge is -2.46. The van der Waals surface area contributed by atoms with Crippen molar-refractivity contribution in [2.24, 2.45) is 0 Å². The molecule has 1 N–H and O–H groups in total. The zero-order valence-corrected chi connectivity index (χ0v) is 17.1. The van der Waals surface area contributed by atoms with Gasteiger partial charge in [0, 0.05) is 23.3 Å². The normalized spacial score (nSPS) is 23.1. The van der Waals surface area contributed by atoms with E-state index in [1.807, 2.05) is 16.7 Å². The first kappa shape index (κ1) is 19.0. The third kappa shape index (κ3) is 4.22. The predicted molar refractivity (Wildman–Crippen MR) is 108 cm³/mol. The van der Waals surface area contributed by atoms with Gasteiger partial charge < -0.3 is 14.8 Å². The molecule has 0 bridgehead atoms. The van der Waals surface area contributed by atoms with Crippen LogP contribution in [0.4, 0.5) is 0 Å². The van der Waals surface area contributed by atoms with Crippen LogP contribution in [0.1, 0.15) is 52.0 Å². The molecular formula is C22H29N3O3. The van der Waals surface area contributed by atoms with E-state index in [9.17, 15) is 4.79 Å². The number of rotatable bonds is 4. The van der Waals surface area contributed by atoms with Crippen LogP contribution >= 0.6 is 0 Å². The summed E-state index contributed by atoms with van der Waals surface area (Å²) in [6, 6.07) is 10.3. The largest absolute Gasteiger partial charge is 0.490 e. The van der Waals surface area contributed by atoms with Gasteiger partial charge in [-0.25, -0.2) is 0 Å². The molecule has 3 heterocycles. The van der Waals surface area contributed by atoms with Crippen molar-refractivity contribution in [2.75, 3.05) is 6.61 Å². The fourth-order valence-electron chi connectivity index (χ4n) is 4.72. The summed E-state index contributed by atoms with van der Waals surface area (Å²) in [6.07, 6.45) is 3.81. The zero-order valence-electron chi connectivity index (χ0n) is 17.1. The number of fused-ring (bicyclic) bond motifs is 1. The number of aromatic nitrogens is 2. The van der Waals surface area contributed by atoms with Crippen LogP contribution in [0.5, 0.6) is 11.8 Å². The molecule has 28 heavy (non-hydrogen) atoms. The molecule has 0 amide bonds. The first-order valence-corrected chi connectivity index (χ1v) is 9.95. The van der Waals surface area contributed by atoms with Gasteiger partial charge in [0.05, 0.1) is 6.54 Å². The summed E-state index contributed by atoms with van der Waals surface area (Å²) in [7, 11) is 0. The Morgan fingerprint density at radius 3 is 2.50 bits per heavy atom. The Kier molecular flexibility index (Phi) is 4.70. The van der Waals surface area contributed by atoms with Crippen LogP contribution in [0, 0.1) is 0 Å². The molecule has 2 aliphatic heterocycles. The molecule has 0 saturated carbocycles. The summed E-state index contributed by atoms with van der Waals surface area (Å²) in [5.41, 5.74) is 1.34. The maximum Gasteiger partial charge on any atom is 0.300 e. The second-order valence-electron chi connectivity index (χ2n) is 9.32. The number of ether oxygens (including phenoxy) is 2. The van der Waals surface area contributed by atoms with Crippen molar-refractivity contribution in [1.82, 2.24) is 14.9 Å². The van der Waals surface area contributed by atoms with Gasteiger partial charge in [-0.15, -0.1) is 0 Å². The van der Waals surface area contributed by atoms with Crippen molar-refractivity contribution < 1.29 is 9.47 Å². The molecule has 6 heteroatoms. The number of benzene rings is 1. The lowest BCUT2D eigenvalue weighted by molar-refractivity contribution is 0.143. The predicted octanol–water partition coefficient (Wildman–Crippen LogP) is 3.11. The van der Waals surface area contributed by atoms with Gasteiger partial charge >= 0.3 is 0 Å². The molecule has 150 valence electrons. The highest BCUT2D eigenvalue weighted by atomic mass is 16.6. The summed E-state index contributed by atoms with van der Waals surface area (Å²) in [4.78, 5) is 15.2. The van der Waals surface area contributed by atoms with Crippen molar-refractivity contribution in [2.45, 2.75) is 70.2 Å². The molecule has 1 atom stereocenters. The van der Waals surface area contributed by atoms with Crippen LogP contribution in [-0.2, 0) is 6.54 Å². The molecule has 1 saturated heterocycles. The molecule has 0 radical (unpaired) electrons. The highest BCUT2D eigenvalue weighted by Gasteiger charge is 2.38. The van der Waals surface area contributed by atoms with E-state index in [2.05, 4.69) is 50.1 Å². The lowest BCUT2D eigenvalue weighted by Crippen LogP contribution is -2.57. The second-order valence-corrected chi connectivity index (χ2v) is 9.32. The van der Waals surface area contributed by atoms with Crippen molar-refractivity contribution in [1.29, 1.82) is 0 Å². The monoisotopic (exact) mass is 383 g/mol. The highest BCUT2D eigenvalue weighted by Crippen LogP contribution is 2.39. The van der Waals surface area contributed by atoms with E-state index < -0.39 is 0 Å². The maximum absolute atomic E-state index is 11.3. The van der Waals surface area contributed by atoms with Crippen LogP contribution in [0.2, 0.25) is 0 Å². The standard InChI is InChI=1S/C22H29N3O3/c1-21(2)11-16(12-22(3,4)24-21)15-5-7-17(8-6-15)27-14-18-13-25-10-9-19(26)23-20(25)28-18/h5-10,16,18,24H,11-14H2,1-4H3. The van der Waals surface area contributed by atoms with Crippen LogP contribution in [-0.4, -0.2) is 33.3 Å². The summed E-state index contributed by atoms with van der Waals surface area (Å²) in [5.74, 6) is 1.37. The van der Waals surface area contributed by atoms with Gasteiger partial charge in [-0.05, 0) is 64.2 Å². The summed E-state index contributed by atoms with van der Waals surface area (Å²) in [5, 5.41) is 3.74. The van der Waals surface area contributed by atoms with Crippen LogP contribution in [0.25, 0.3) is 0 Å². The maximum atomic E-state index is 11.3. The minimum absolute atomic E-state index is 0.131. The molecule has 2 aromatic rings. The second kappa shape index (κ2) is 6.92. The van der Waals surface area contributed by atoms with Crippen LogP contribution < -0.4 is 20.3 Å². The highest BCUT2D eigenvalue weighted by molar-refractivity contribution is 5.31. The lowest BCUT2D eigenvalue weighted by atomic mass is 9.73. The first-order valence-electron chi connectivity index (χ1n) is 9.95. The first-order chi connectivity index (χ1) is 13.2. The fraction of sp³-hybridized carbons (Fsp3) is 0.545. The van der Waals surface area contributed by atoms with Gasteiger partial charge in [0.1, 0.15) is 12.4 Å². The molecule has 1 aromatic carbocycles. The van der Waals surface area contributed by atoms with E-state index in [-0.39, 0.29) is 22.7 Å². The van der Waals surface area contributed by atoms with Crippen LogP contribution in [0.3, 0.4) is 0 Å². The average molecular weight is 383 g/mol. The topological polar surface area (TPSA) is 65.4 Å². The van der Waals surface area contributed by atoms with Crippen molar-refractivity contribution in [3.63, 3.8) is 0 Å². The molecule has 2 aliphatic rings. The molecule has 1 fully saturated rings. The molecule has 6 nitrogen and oxygen atoms in total. The average Bonchev–Trinajstić information content (AvgIpc) is 2.99. The number of nitrogens with one attached hydrogen (secondary N) is 1. The minimum atomic E-state index is -0.285. The van der Waals surface area contributed by atoms with Gasteiger partial charge in [-0.3, -0.25) is 9.36 Å². The minimum Gasteiger partial charge on any atom is -0.490 e. The van der Waals surface area contributed by atoms with E-state index in [0.717, 1.165) is 18.6 Å². The molecule has 0 spiro atoms. The van der Waals surface area contributed by atoms with E-state index in [0.29, 0.717) is 25.1 Å². The van der Waals surface area contributed by atoms with E-state index in [1.54, 1.807) is 6.20 Å². The molecule has 1 unspecified atom stereocenters. The third-order valence-corrected chi connectivity index (χ3v) is 5.50. The number of hydrogen-bond donors (Lipinski definition) is 1. The Hall–Kier alpha value is -2.34. The number of piperidine rings is 1. The SMILES string of the molecule is CC1(C)CC(c2ccc(OCC3Cn4ccc(=O)nc4O3)cc2)CC(C)(C)N1. The van der Waals surface area contributed by atoms with Gasteiger partial charge in [0.15, 0.2) is 6.10 Å². The molecule has 4 rings (SSSR count). The van der Waals surface area contributed by atoms with Crippen molar-refractivity contribution in [3.8, 4) is 11.8 Å². The Labute approximate surface area is 165 Å². The quantitative estimate of drug-likeness (QED) is 0.879. The smallest absolute Gasteiger partial charge is 0.300 e. The van der Waals surface area contributed by atoms with Gasteiger partial charge in [0.25, 0.3) is 11.6 Å². The number of nitrogens with zero attached hydrogens (tertiary/aromatic N) is 2.